The molecule has 0 aliphatic carbocycles. The molecule has 0 spiro atoms. The molecule has 0 atom stereocenters. The number of carbonyl (C=O) groups excluding carboxylic acids is 1. The normalized spacial score (nSPS) is 10.7. The monoisotopic (exact) mass is 338 g/mol. The zero-order valence-corrected chi connectivity index (χ0v) is 14.3. The van der Waals surface area contributed by atoms with Gasteiger partial charge in [-0.25, -0.2) is 0 Å². The SMILES string of the molecule is CCOc1cc(C(=O)N(C)Cc2c(C)noc2C)cc(Cl)c1O. The summed E-state index contributed by atoms with van der Waals surface area (Å²) in [6, 6.07) is 2.91. The third-order valence-corrected chi connectivity index (χ3v) is 3.79. The molecule has 0 unspecified atom stereocenters. The van der Waals surface area contributed by atoms with Gasteiger partial charge in [-0.3, -0.25) is 4.79 Å². The lowest BCUT2D eigenvalue weighted by molar-refractivity contribution is 0.0784. The maximum absolute atomic E-state index is 12.6. The van der Waals surface area contributed by atoms with Gasteiger partial charge in [-0.15, -0.1) is 0 Å². The summed E-state index contributed by atoms with van der Waals surface area (Å²) in [4.78, 5) is 14.1. The lowest BCUT2D eigenvalue weighted by Crippen LogP contribution is -2.26. The standard InChI is InChI=1S/C16H19ClN2O4/c1-5-22-14-7-11(6-13(17)15(14)20)16(21)19(4)8-12-9(2)18-23-10(12)3/h6-7,20H,5,8H2,1-4H3. The minimum absolute atomic E-state index is 0.0741. The van der Waals surface area contributed by atoms with Crippen LogP contribution in [0.5, 0.6) is 11.5 Å². The molecule has 1 N–H and O–H groups in total. The maximum Gasteiger partial charge on any atom is 0.254 e. The molecule has 124 valence electrons. The van der Waals surface area contributed by atoms with Crippen LogP contribution in [0.4, 0.5) is 0 Å². The highest BCUT2D eigenvalue weighted by atomic mass is 35.5. The van der Waals surface area contributed by atoms with E-state index in [9.17, 15) is 9.90 Å². The van der Waals surface area contributed by atoms with Crippen LogP contribution in [0.2, 0.25) is 5.02 Å². The van der Waals surface area contributed by atoms with Gasteiger partial charge in [0.2, 0.25) is 0 Å². The molecule has 0 fully saturated rings. The number of nitrogens with zero attached hydrogens (tertiary/aromatic N) is 2. The minimum Gasteiger partial charge on any atom is -0.503 e. The van der Waals surface area contributed by atoms with Gasteiger partial charge < -0.3 is 19.3 Å². The molecule has 6 nitrogen and oxygen atoms in total. The van der Waals surface area contributed by atoms with Crippen molar-refractivity contribution in [3.05, 3.63) is 39.7 Å². The van der Waals surface area contributed by atoms with Crippen LogP contribution in [0.15, 0.2) is 16.7 Å². The number of ether oxygens (including phenoxy) is 1. The molecule has 0 aliphatic heterocycles. The van der Waals surface area contributed by atoms with Crippen molar-refractivity contribution < 1.29 is 19.2 Å². The topological polar surface area (TPSA) is 75.8 Å². The van der Waals surface area contributed by atoms with Gasteiger partial charge in [-0.1, -0.05) is 16.8 Å². The van der Waals surface area contributed by atoms with E-state index in [1.165, 1.54) is 17.0 Å². The number of phenols is 1. The fourth-order valence-corrected chi connectivity index (χ4v) is 2.43. The minimum atomic E-state index is -0.243. The molecule has 1 heterocycles. The maximum atomic E-state index is 12.6. The third-order valence-electron chi connectivity index (χ3n) is 3.50. The quantitative estimate of drug-likeness (QED) is 0.905. The Morgan fingerprint density at radius 1 is 1.43 bits per heavy atom. The molecule has 0 bridgehead atoms. The van der Waals surface area contributed by atoms with E-state index >= 15 is 0 Å². The first kappa shape index (κ1) is 17.1. The van der Waals surface area contributed by atoms with Crippen molar-refractivity contribution in [2.45, 2.75) is 27.3 Å². The number of phenolic OH excluding ortho intramolecular Hbond substituents is 1. The van der Waals surface area contributed by atoms with E-state index in [2.05, 4.69) is 5.16 Å². The van der Waals surface area contributed by atoms with E-state index < -0.39 is 0 Å². The third kappa shape index (κ3) is 3.59. The number of aromatic nitrogens is 1. The zero-order valence-electron chi connectivity index (χ0n) is 13.5. The fourth-order valence-electron chi connectivity index (χ4n) is 2.22. The Labute approximate surface area is 139 Å². The Kier molecular flexibility index (Phi) is 5.15. The van der Waals surface area contributed by atoms with Crippen LogP contribution in [-0.4, -0.2) is 34.7 Å². The van der Waals surface area contributed by atoms with E-state index in [0.29, 0.717) is 24.5 Å². The molecule has 0 saturated heterocycles. The predicted octanol–water partition coefficient (Wildman–Crippen LogP) is 3.32. The second-order valence-corrected chi connectivity index (χ2v) is 5.61. The number of benzene rings is 1. The summed E-state index contributed by atoms with van der Waals surface area (Å²) in [6.07, 6.45) is 0. The highest BCUT2D eigenvalue weighted by molar-refractivity contribution is 6.32. The van der Waals surface area contributed by atoms with Crippen LogP contribution < -0.4 is 4.74 Å². The molecule has 2 aromatic rings. The number of halogens is 1. The number of aryl methyl sites for hydroxylation is 2. The molecule has 1 aromatic carbocycles. The lowest BCUT2D eigenvalue weighted by Gasteiger charge is -2.18. The smallest absolute Gasteiger partial charge is 0.254 e. The van der Waals surface area contributed by atoms with Crippen LogP contribution in [0, 0.1) is 13.8 Å². The molecule has 23 heavy (non-hydrogen) atoms. The number of rotatable bonds is 5. The van der Waals surface area contributed by atoms with Crippen molar-refractivity contribution in [1.82, 2.24) is 10.1 Å². The van der Waals surface area contributed by atoms with Gasteiger partial charge in [0.1, 0.15) is 5.76 Å². The first-order valence-electron chi connectivity index (χ1n) is 7.17. The van der Waals surface area contributed by atoms with E-state index in [1.54, 1.807) is 20.9 Å². The number of hydrogen-bond acceptors (Lipinski definition) is 5. The van der Waals surface area contributed by atoms with Gasteiger partial charge in [0.15, 0.2) is 11.5 Å². The van der Waals surface area contributed by atoms with Crippen molar-refractivity contribution >= 4 is 17.5 Å². The second-order valence-electron chi connectivity index (χ2n) is 5.20. The molecular weight excluding hydrogens is 320 g/mol. The van der Waals surface area contributed by atoms with Gasteiger partial charge in [0.05, 0.1) is 23.9 Å². The number of aromatic hydroxyl groups is 1. The van der Waals surface area contributed by atoms with E-state index in [1.807, 2.05) is 6.92 Å². The second kappa shape index (κ2) is 6.91. The Morgan fingerprint density at radius 3 is 2.70 bits per heavy atom. The van der Waals surface area contributed by atoms with Gasteiger partial charge in [-0.05, 0) is 32.9 Å². The van der Waals surface area contributed by atoms with Crippen LogP contribution in [0.1, 0.15) is 34.3 Å². The Bertz CT molecular complexity index is 708. The summed E-state index contributed by atoms with van der Waals surface area (Å²) in [6.45, 7) is 6.14. The van der Waals surface area contributed by atoms with Gasteiger partial charge in [-0.2, -0.15) is 0 Å². The van der Waals surface area contributed by atoms with Crippen molar-refractivity contribution in [3.63, 3.8) is 0 Å². The fraction of sp³-hybridized carbons (Fsp3) is 0.375. The highest BCUT2D eigenvalue weighted by Gasteiger charge is 2.20. The first-order valence-corrected chi connectivity index (χ1v) is 7.55. The van der Waals surface area contributed by atoms with E-state index in [0.717, 1.165) is 11.3 Å². The molecule has 2 rings (SSSR count). The van der Waals surface area contributed by atoms with Crippen LogP contribution in [-0.2, 0) is 6.54 Å². The van der Waals surface area contributed by atoms with Crippen LogP contribution in [0.3, 0.4) is 0 Å². The molecular formula is C16H19ClN2O4. The number of hydrogen-bond donors (Lipinski definition) is 1. The lowest BCUT2D eigenvalue weighted by atomic mass is 10.1. The summed E-state index contributed by atoms with van der Waals surface area (Å²) in [5.41, 5.74) is 1.96. The van der Waals surface area contributed by atoms with E-state index in [4.69, 9.17) is 20.9 Å². The number of amides is 1. The van der Waals surface area contributed by atoms with Gasteiger partial charge in [0.25, 0.3) is 5.91 Å². The van der Waals surface area contributed by atoms with Crippen molar-refractivity contribution in [1.29, 1.82) is 0 Å². The molecule has 0 radical (unpaired) electrons. The summed E-state index contributed by atoms with van der Waals surface area (Å²) in [7, 11) is 1.68. The average Bonchev–Trinajstić information content (AvgIpc) is 2.82. The largest absolute Gasteiger partial charge is 0.503 e. The van der Waals surface area contributed by atoms with Gasteiger partial charge in [0, 0.05) is 18.2 Å². The molecule has 1 aromatic heterocycles. The molecule has 0 saturated carbocycles. The van der Waals surface area contributed by atoms with Gasteiger partial charge >= 0.3 is 0 Å². The molecule has 0 aliphatic rings. The summed E-state index contributed by atoms with van der Waals surface area (Å²) >= 11 is 5.97. The van der Waals surface area contributed by atoms with Crippen molar-refractivity contribution in [3.8, 4) is 11.5 Å². The van der Waals surface area contributed by atoms with E-state index in [-0.39, 0.29) is 22.4 Å². The molecule has 7 heteroatoms. The van der Waals surface area contributed by atoms with Crippen LogP contribution >= 0.6 is 11.6 Å². The van der Waals surface area contributed by atoms with Crippen molar-refractivity contribution in [2.75, 3.05) is 13.7 Å². The number of carbonyl (C=O) groups is 1. The first-order chi connectivity index (χ1) is 10.8. The highest BCUT2D eigenvalue weighted by Crippen LogP contribution is 2.35. The summed E-state index contributed by atoms with van der Waals surface area (Å²) in [5, 5.41) is 13.8. The summed E-state index contributed by atoms with van der Waals surface area (Å²) in [5.74, 6) is 0.460. The predicted molar refractivity (Wildman–Crippen MR) is 86.1 cm³/mol. The Hall–Kier alpha value is -2.21. The Morgan fingerprint density at radius 2 is 2.13 bits per heavy atom. The molecule has 1 amide bonds. The average molecular weight is 339 g/mol. The summed E-state index contributed by atoms with van der Waals surface area (Å²) < 4.78 is 10.4. The van der Waals surface area contributed by atoms with Crippen molar-refractivity contribution in [2.24, 2.45) is 0 Å². The van der Waals surface area contributed by atoms with Crippen LogP contribution in [0.25, 0.3) is 0 Å². The zero-order chi connectivity index (χ0) is 17.1. The Balaban J connectivity index is 2.26.